The summed E-state index contributed by atoms with van der Waals surface area (Å²) in [6.07, 6.45) is 3.34. The molecule has 1 aromatic heterocycles. The maximum absolute atomic E-state index is 12.2. The molecule has 0 spiro atoms. The molecule has 0 aliphatic rings. The Morgan fingerprint density at radius 2 is 1.76 bits per heavy atom. The van der Waals surface area contributed by atoms with Gasteiger partial charge in [-0.3, -0.25) is 4.79 Å². The van der Waals surface area contributed by atoms with Gasteiger partial charge in [-0.2, -0.15) is 4.57 Å². The fourth-order valence-corrected chi connectivity index (χ4v) is 2.65. The summed E-state index contributed by atoms with van der Waals surface area (Å²) >= 11 is 0. The summed E-state index contributed by atoms with van der Waals surface area (Å²) in [6, 6.07) is 12.2. The lowest BCUT2D eigenvalue weighted by Crippen LogP contribution is -2.42. The summed E-state index contributed by atoms with van der Waals surface area (Å²) in [5.74, 6) is -0.968. The molecule has 2 amide bonds. The molecule has 0 saturated carbocycles. The van der Waals surface area contributed by atoms with Gasteiger partial charge in [0.2, 0.25) is 0 Å². The predicted molar refractivity (Wildman–Crippen MR) is 105 cm³/mol. The highest BCUT2D eigenvalue weighted by atomic mass is 16.6. The Labute approximate surface area is 169 Å². The largest absolute Gasteiger partial charge is 0.467 e. The SMILES string of the molecule is COC(=O)[C@H](C)NC(=O)c1ccc[n+](COC(=O)N[C@@H](C)Cc2ccccc2)c1. The zero-order valence-corrected chi connectivity index (χ0v) is 16.8. The highest BCUT2D eigenvalue weighted by Crippen LogP contribution is 2.03. The number of hydrogen-bond donors (Lipinski definition) is 2. The van der Waals surface area contributed by atoms with Crippen molar-refractivity contribution in [1.82, 2.24) is 10.6 Å². The molecule has 0 bridgehead atoms. The van der Waals surface area contributed by atoms with E-state index in [1.54, 1.807) is 22.9 Å². The molecule has 29 heavy (non-hydrogen) atoms. The summed E-state index contributed by atoms with van der Waals surface area (Å²) in [7, 11) is 1.25. The minimum atomic E-state index is -0.769. The molecule has 8 heteroatoms. The van der Waals surface area contributed by atoms with Crippen LogP contribution >= 0.6 is 0 Å². The average molecular weight is 400 g/mol. The first-order valence-corrected chi connectivity index (χ1v) is 9.24. The van der Waals surface area contributed by atoms with Gasteiger partial charge in [-0.15, -0.1) is 0 Å². The molecule has 0 unspecified atom stereocenters. The monoisotopic (exact) mass is 400 g/mol. The van der Waals surface area contributed by atoms with Crippen molar-refractivity contribution in [1.29, 1.82) is 0 Å². The summed E-state index contributed by atoms with van der Waals surface area (Å²) in [4.78, 5) is 35.7. The number of carbonyl (C=O) groups is 3. The normalized spacial score (nSPS) is 12.4. The highest BCUT2D eigenvalue weighted by Gasteiger charge is 2.19. The van der Waals surface area contributed by atoms with E-state index in [0.29, 0.717) is 12.0 Å². The van der Waals surface area contributed by atoms with Gasteiger partial charge in [0.1, 0.15) is 11.6 Å². The Morgan fingerprint density at radius 1 is 1.03 bits per heavy atom. The topological polar surface area (TPSA) is 97.6 Å². The van der Waals surface area contributed by atoms with Gasteiger partial charge in [-0.1, -0.05) is 30.3 Å². The van der Waals surface area contributed by atoms with Crippen molar-refractivity contribution in [2.24, 2.45) is 0 Å². The van der Waals surface area contributed by atoms with E-state index in [0.717, 1.165) is 5.56 Å². The molecule has 2 atom stereocenters. The standard InChI is InChI=1S/C21H25N3O5/c1-15(12-17-8-5-4-6-9-17)22-21(27)29-14-24-11-7-10-18(13-24)19(25)23-16(2)20(26)28-3/h4-11,13,15-16H,12,14H2,1-3H3,(H-,22,23,25,27)/p+1/t15-,16-/m0/s1. The summed E-state index contributed by atoms with van der Waals surface area (Å²) in [6.45, 7) is 3.37. The Morgan fingerprint density at radius 3 is 2.45 bits per heavy atom. The van der Waals surface area contributed by atoms with Gasteiger partial charge < -0.3 is 20.1 Å². The van der Waals surface area contributed by atoms with E-state index < -0.39 is 24.0 Å². The summed E-state index contributed by atoms with van der Waals surface area (Å²) in [5.41, 5.74) is 1.44. The second-order valence-corrected chi connectivity index (χ2v) is 6.62. The van der Waals surface area contributed by atoms with Crippen molar-refractivity contribution < 1.29 is 28.4 Å². The molecule has 2 N–H and O–H groups in total. The number of pyridine rings is 1. The third kappa shape index (κ3) is 7.25. The first-order valence-electron chi connectivity index (χ1n) is 9.24. The van der Waals surface area contributed by atoms with E-state index in [-0.39, 0.29) is 12.8 Å². The molecule has 8 nitrogen and oxygen atoms in total. The molecule has 1 heterocycles. The van der Waals surface area contributed by atoms with Crippen LogP contribution in [0, 0.1) is 0 Å². The number of ether oxygens (including phenoxy) is 2. The van der Waals surface area contributed by atoms with Crippen LogP contribution in [-0.2, 0) is 27.4 Å². The minimum Gasteiger partial charge on any atom is -0.467 e. The predicted octanol–water partition coefficient (Wildman–Crippen LogP) is 1.58. The molecule has 0 fully saturated rings. The highest BCUT2D eigenvalue weighted by molar-refractivity contribution is 5.96. The number of nitrogens with one attached hydrogen (secondary N) is 2. The molecule has 0 aliphatic carbocycles. The Bertz CT molecular complexity index is 841. The van der Waals surface area contributed by atoms with Gasteiger partial charge in [0.25, 0.3) is 12.6 Å². The number of nitrogens with zero attached hydrogens (tertiary/aromatic N) is 1. The van der Waals surface area contributed by atoms with Crippen LogP contribution in [0.5, 0.6) is 0 Å². The van der Waals surface area contributed by atoms with E-state index in [1.165, 1.54) is 20.2 Å². The lowest BCUT2D eigenvalue weighted by atomic mass is 10.1. The van der Waals surface area contributed by atoms with Gasteiger partial charge in [0.05, 0.1) is 7.11 Å². The molecule has 2 aromatic rings. The van der Waals surface area contributed by atoms with Crippen LogP contribution in [0.15, 0.2) is 54.9 Å². The number of benzene rings is 1. The zero-order valence-electron chi connectivity index (χ0n) is 16.8. The Hall–Kier alpha value is -3.42. The Kier molecular flexibility index (Phi) is 8.14. The average Bonchev–Trinajstić information content (AvgIpc) is 2.72. The fraction of sp³-hybridized carbons (Fsp3) is 0.333. The van der Waals surface area contributed by atoms with Crippen LogP contribution in [0.2, 0.25) is 0 Å². The maximum atomic E-state index is 12.2. The summed E-state index contributed by atoms with van der Waals surface area (Å²) < 4.78 is 11.4. The molecule has 154 valence electrons. The number of alkyl carbamates (subject to hydrolysis) is 1. The van der Waals surface area contributed by atoms with Gasteiger partial charge in [0.15, 0.2) is 12.4 Å². The number of esters is 1. The first-order chi connectivity index (χ1) is 13.9. The zero-order chi connectivity index (χ0) is 21.2. The number of methoxy groups -OCH3 is 1. The number of aromatic nitrogens is 1. The van der Waals surface area contributed by atoms with E-state index in [1.807, 2.05) is 37.3 Å². The number of hydrogen-bond acceptors (Lipinski definition) is 5. The third-order valence-corrected chi connectivity index (χ3v) is 4.12. The third-order valence-electron chi connectivity index (χ3n) is 4.12. The number of amides is 2. The number of carbonyl (C=O) groups excluding carboxylic acids is 3. The lowest BCUT2D eigenvalue weighted by Gasteiger charge is -2.13. The van der Waals surface area contributed by atoms with Crippen LogP contribution in [0.3, 0.4) is 0 Å². The second kappa shape index (κ2) is 10.8. The van der Waals surface area contributed by atoms with E-state index >= 15 is 0 Å². The Balaban J connectivity index is 1.84. The van der Waals surface area contributed by atoms with Gasteiger partial charge in [0, 0.05) is 12.1 Å². The van der Waals surface area contributed by atoms with Crippen molar-refractivity contribution in [3.63, 3.8) is 0 Å². The van der Waals surface area contributed by atoms with Crippen molar-refractivity contribution in [2.75, 3.05) is 7.11 Å². The van der Waals surface area contributed by atoms with Crippen LogP contribution in [0.4, 0.5) is 4.79 Å². The van der Waals surface area contributed by atoms with E-state index in [2.05, 4.69) is 15.4 Å². The molecular weight excluding hydrogens is 374 g/mol. The summed E-state index contributed by atoms with van der Waals surface area (Å²) in [5, 5.41) is 5.32. The molecular formula is C21H26N3O5+. The molecule has 2 rings (SSSR count). The molecule has 0 saturated heterocycles. The maximum Gasteiger partial charge on any atom is 0.412 e. The van der Waals surface area contributed by atoms with Crippen molar-refractivity contribution >= 4 is 18.0 Å². The van der Waals surface area contributed by atoms with Gasteiger partial charge in [-0.05, 0) is 31.9 Å². The van der Waals surface area contributed by atoms with Crippen molar-refractivity contribution in [2.45, 2.75) is 39.1 Å². The van der Waals surface area contributed by atoms with Crippen molar-refractivity contribution in [3.05, 3.63) is 66.0 Å². The molecule has 0 aliphatic heterocycles. The molecule has 0 radical (unpaired) electrons. The minimum absolute atomic E-state index is 0.0580. The van der Waals surface area contributed by atoms with Crippen LogP contribution in [0.25, 0.3) is 0 Å². The molecule has 1 aromatic carbocycles. The fourth-order valence-electron chi connectivity index (χ4n) is 2.65. The lowest BCUT2D eigenvalue weighted by molar-refractivity contribution is -0.727. The number of rotatable bonds is 8. The van der Waals surface area contributed by atoms with Gasteiger partial charge in [-0.25, -0.2) is 9.59 Å². The smallest absolute Gasteiger partial charge is 0.412 e. The van der Waals surface area contributed by atoms with Crippen LogP contribution in [0.1, 0.15) is 29.8 Å². The van der Waals surface area contributed by atoms with Crippen LogP contribution in [-0.4, -0.2) is 37.2 Å². The second-order valence-electron chi connectivity index (χ2n) is 6.62. The first kappa shape index (κ1) is 21.9. The van der Waals surface area contributed by atoms with Crippen molar-refractivity contribution in [3.8, 4) is 0 Å². The van der Waals surface area contributed by atoms with E-state index in [9.17, 15) is 14.4 Å². The van der Waals surface area contributed by atoms with Crippen LogP contribution < -0.4 is 15.2 Å². The quantitative estimate of drug-likeness (QED) is 0.518. The van der Waals surface area contributed by atoms with E-state index in [4.69, 9.17) is 4.74 Å². The van der Waals surface area contributed by atoms with Gasteiger partial charge >= 0.3 is 12.1 Å².